The summed E-state index contributed by atoms with van der Waals surface area (Å²) in [6, 6.07) is 3.31. The molecule has 1 saturated heterocycles. The highest BCUT2D eigenvalue weighted by molar-refractivity contribution is 5.06. The first-order valence-electron chi connectivity index (χ1n) is 4.42. The third kappa shape index (κ3) is 4.03. The number of rotatable bonds is 0. The first-order chi connectivity index (χ1) is 5.89. The van der Waals surface area contributed by atoms with Crippen LogP contribution in [0.25, 0.3) is 0 Å². The van der Waals surface area contributed by atoms with E-state index in [9.17, 15) is 0 Å². The van der Waals surface area contributed by atoms with Gasteiger partial charge in [0.25, 0.3) is 0 Å². The van der Waals surface area contributed by atoms with E-state index in [1.54, 1.807) is 18.3 Å². The Bertz CT molecular complexity index is 169. The normalized spacial score (nSPS) is 16.3. The van der Waals surface area contributed by atoms with E-state index in [4.69, 9.17) is 5.11 Å². The minimum Gasteiger partial charge on any atom is -0.495 e. The average Bonchev–Trinajstić information content (AvgIpc) is 2.60. The number of hydrogen-bond donors (Lipinski definition) is 3. The van der Waals surface area contributed by atoms with Crippen molar-refractivity contribution in [1.82, 2.24) is 10.3 Å². The van der Waals surface area contributed by atoms with E-state index < -0.39 is 0 Å². The molecule has 1 aromatic rings. The zero-order valence-electron chi connectivity index (χ0n) is 7.21. The topological polar surface area (TPSA) is 48.0 Å². The summed E-state index contributed by atoms with van der Waals surface area (Å²) in [5, 5.41) is 11.7. The quantitative estimate of drug-likeness (QED) is 0.549. The van der Waals surface area contributed by atoms with Gasteiger partial charge >= 0.3 is 0 Å². The van der Waals surface area contributed by atoms with Crippen LogP contribution in [0.1, 0.15) is 19.3 Å². The maximum Gasteiger partial charge on any atom is 0.188 e. The fraction of sp³-hybridized carbons (Fsp3) is 0.556. The van der Waals surface area contributed by atoms with Gasteiger partial charge in [-0.25, -0.2) is 0 Å². The largest absolute Gasteiger partial charge is 0.495 e. The predicted octanol–water partition coefficient (Wildman–Crippen LogP) is 1.48. The van der Waals surface area contributed by atoms with Crippen LogP contribution in [0.2, 0.25) is 0 Å². The molecule has 0 aromatic carbocycles. The van der Waals surface area contributed by atoms with Crippen LogP contribution in [0.5, 0.6) is 5.88 Å². The molecule has 0 amide bonds. The number of aromatic amines is 1. The van der Waals surface area contributed by atoms with E-state index in [0.29, 0.717) is 0 Å². The van der Waals surface area contributed by atoms with Gasteiger partial charge in [-0.2, -0.15) is 0 Å². The molecule has 12 heavy (non-hydrogen) atoms. The lowest BCUT2D eigenvalue weighted by Crippen LogP contribution is -2.21. The minimum atomic E-state index is 0.218. The van der Waals surface area contributed by atoms with Gasteiger partial charge in [0.1, 0.15) is 0 Å². The number of aromatic nitrogens is 1. The molecule has 0 bridgehead atoms. The number of aromatic hydroxyl groups is 1. The third-order valence-corrected chi connectivity index (χ3v) is 1.79. The highest BCUT2D eigenvalue weighted by atomic mass is 16.3. The fourth-order valence-corrected chi connectivity index (χ4v) is 1.12. The van der Waals surface area contributed by atoms with Crippen molar-refractivity contribution in [3.05, 3.63) is 18.3 Å². The molecule has 2 heterocycles. The Morgan fingerprint density at radius 2 is 1.92 bits per heavy atom. The molecule has 3 N–H and O–H groups in total. The van der Waals surface area contributed by atoms with Crippen molar-refractivity contribution in [2.24, 2.45) is 0 Å². The third-order valence-electron chi connectivity index (χ3n) is 1.79. The van der Waals surface area contributed by atoms with Crippen LogP contribution in [0.15, 0.2) is 18.3 Å². The van der Waals surface area contributed by atoms with Gasteiger partial charge in [0, 0.05) is 6.20 Å². The average molecular weight is 168 g/mol. The molecule has 2 rings (SSSR count). The molecule has 1 aliphatic rings. The lowest BCUT2D eigenvalue weighted by atomic mass is 10.2. The van der Waals surface area contributed by atoms with Crippen molar-refractivity contribution in [1.29, 1.82) is 0 Å². The van der Waals surface area contributed by atoms with Crippen molar-refractivity contribution >= 4 is 0 Å². The molecule has 1 aliphatic heterocycles. The Kier molecular flexibility index (Phi) is 4.31. The SMILES string of the molecule is C1CCNCC1.Oc1ccc[nH]1. The van der Waals surface area contributed by atoms with Crippen LogP contribution < -0.4 is 5.32 Å². The molecule has 3 heteroatoms. The molecule has 0 unspecified atom stereocenters. The number of piperidine rings is 1. The summed E-state index contributed by atoms with van der Waals surface area (Å²) in [5.41, 5.74) is 0. The van der Waals surface area contributed by atoms with E-state index in [0.717, 1.165) is 0 Å². The molecular weight excluding hydrogens is 152 g/mol. The Hall–Kier alpha value is -0.960. The molecule has 0 atom stereocenters. The Morgan fingerprint density at radius 3 is 2.08 bits per heavy atom. The summed E-state index contributed by atoms with van der Waals surface area (Å²) < 4.78 is 0. The van der Waals surface area contributed by atoms with Crippen molar-refractivity contribution in [3.63, 3.8) is 0 Å². The van der Waals surface area contributed by atoms with Crippen LogP contribution in [-0.2, 0) is 0 Å². The van der Waals surface area contributed by atoms with Crippen molar-refractivity contribution in [2.75, 3.05) is 13.1 Å². The molecule has 1 aromatic heterocycles. The van der Waals surface area contributed by atoms with Gasteiger partial charge in [-0.3, -0.25) is 0 Å². The highest BCUT2D eigenvalue weighted by Crippen LogP contribution is 1.98. The van der Waals surface area contributed by atoms with Gasteiger partial charge in [-0.15, -0.1) is 0 Å². The standard InChI is InChI=1S/C5H11N.C4H5NO/c1-2-4-6-5-3-1;6-4-2-1-3-5-4/h6H,1-5H2;1-3,5-6H. The van der Waals surface area contributed by atoms with E-state index >= 15 is 0 Å². The maximum absolute atomic E-state index is 8.42. The summed E-state index contributed by atoms with van der Waals surface area (Å²) in [7, 11) is 0. The molecule has 0 spiro atoms. The second-order valence-electron chi connectivity index (χ2n) is 2.87. The Balaban J connectivity index is 0.000000120. The number of nitrogens with one attached hydrogen (secondary N) is 2. The number of H-pyrrole nitrogens is 1. The molecule has 68 valence electrons. The van der Waals surface area contributed by atoms with Crippen LogP contribution in [0.3, 0.4) is 0 Å². The van der Waals surface area contributed by atoms with Gasteiger partial charge < -0.3 is 15.4 Å². The number of hydrogen-bond acceptors (Lipinski definition) is 2. The first-order valence-corrected chi connectivity index (χ1v) is 4.42. The van der Waals surface area contributed by atoms with Crippen molar-refractivity contribution < 1.29 is 5.11 Å². The summed E-state index contributed by atoms with van der Waals surface area (Å²) in [6.07, 6.45) is 5.88. The van der Waals surface area contributed by atoms with Crippen molar-refractivity contribution in [2.45, 2.75) is 19.3 Å². The summed E-state index contributed by atoms with van der Waals surface area (Å²) in [4.78, 5) is 2.56. The second-order valence-corrected chi connectivity index (χ2v) is 2.87. The van der Waals surface area contributed by atoms with Gasteiger partial charge in [-0.05, 0) is 38.1 Å². The zero-order chi connectivity index (χ0) is 8.65. The van der Waals surface area contributed by atoms with Gasteiger partial charge in [-0.1, -0.05) is 6.42 Å². The lowest BCUT2D eigenvalue weighted by molar-refractivity contribution is 0.457. The molecule has 1 fully saturated rings. The monoisotopic (exact) mass is 168 g/mol. The summed E-state index contributed by atoms with van der Waals surface area (Å²) >= 11 is 0. The summed E-state index contributed by atoms with van der Waals surface area (Å²) in [5.74, 6) is 0.218. The summed E-state index contributed by atoms with van der Waals surface area (Å²) in [6.45, 7) is 2.50. The van der Waals surface area contributed by atoms with Crippen LogP contribution in [0.4, 0.5) is 0 Å². The molecule has 0 aliphatic carbocycles. The van der Waals surface area contributed by atoms with Gasteiger partial charge in [0.05, 0.1) is 0 Å². The molecule has 0 saturated carbocycles. The van der Waals surface area contributed by atoms with Gasteiger partial charge in [0.15, 0.2) is 5.88 Å². The first kappa shape index (κ1) is 9.13. The van der Waals surface area contributed by atoms with E-state index in [-0.39, 0.29) is 5.88 Å². The highest BCUT2D eigenvalue weighted by Gasteiger charge is 1.93. The Morgan fingerprint density at radius 1 is 1.17 bits per heavy atom. The minimum absolute atomic E-state index is 0.218. The Labute approximate surface area is 72.8 Å². The second kappa shape index (κ2) is 5.66. The van der Waals surface area contributed by atoms with Gasteiger partial charge in [0.2, 0.25) is 0 Å². The molecular formula is C9H16N2O. The maximum atomic E-state index is 8.42. The smallest absolute Gasteiger partial charge is 0.188 e. The molecule has 0 radical (unpaired) electrons. The van der Waals surface area contributed by atoms with Crippen LogP contribution in [-0.4, -0.2) is 23.2 Å². The predicted molar refractivity (Wildman–Crippen MR) is 49.2 cm³/mol. The van der Waals surface area contributed by atoms with Crippen LogP contribution >= 0.6 is 0 Å². The van der Waals surface area contributed by atoms with E-state index in [2.05, 4.69) is 10.3 Å². The fourth-order valence-electron chi connectivity index (χ4n) is 1.12. The van der Waals surface area contributed by atoms with Crippen molar-refractivity contribution in [3.8, 4) is 5.88 Å². The van der Waals surface area contributed by atoms with E-state index in [1.165, 1.54) is 32.4 Å². The van der Waals surface area contributed by atoms with E-state index in [1.807, 2.05) is 0 Å². The molecule has 3 nitrogen and oxygen atoms in total. The van der Waals surface area contributed by atoms with Crippen LogP contribution in [0, 0.1) is 0 Å². The lowest BCUT2D eigenvalue weighted by Gasteiger charge is -2.08. The zero-order valence-corrected chi connectivity index (χ0v) is 7.21.